The number of nitrogens with zero attached hydrogens (tertiary/aromatic N) is 1. The number of alkyl halides is 3. The molecular formula is C25H42F3NO2. The van der Waals surface area contributed by atoms with E-state index in [0.717, 1.165) is 19.3 Å². The zero-order valence-corrected chi connectivity index (χ0v) is 19.3. The molecule has 1 aromatic heterocycles. The van der Waals surface area contributed by atoms with Gasteiger partial charge >= 0.3 is 12.1 Å². The second kappa shape index (κ2) is 21.6. The van der Waals surface area contributed by atoms with E-state index in [9.17, 15) is 18.0 Å². The van der Waals surface area contributed by atoms with E-state index in [4.69, 9.17) is 0 Å². The highest BCUT2D eigenvalue weighted by Gasteiger charge is 2.40. The molecule has 31 heavy (non-hydrogen) atoms. The number of aromatic nitrogens is 1. The number of halogens is 3. The summed E-state index contributed by atoms with van der Waals surface area (Å²) in [6, 6.07) is 5.72. The molecule has 0 atom stereocenters. The fraction of sp³-hybridized carbons (Fsp3) is 0.760. The molecule has 0 saturated heterocycles. The highest BCUT2D eigenvalue weighted by molar-refractivity contribution is 5.75. The third-order valence-corrected chi connectivity index (χ3v) is 5.03. The highest BCUT2D eigenvalue weighted by atomic mass is 19.4. The molecule has 1 aromatic rings. The van der Waals surface area contributed by atoms with Gasteiger partial charge in [0.25, 0.3) is 0 Å². The van der Waals surface area contributed by atoms with Crippen molar-refractivity contribution in [1.82, 2.24) is 4.98 Å². The van der Waals surface area contributed by atoms with Crippen LogP contribution in [-0.2, 0) is 9.53 Å². The molecule has 0 aliphatic rings. The summed E-state index contributed by atoms with van der Waals surface area (Å²) in [4.78, 5) is 14.3. The van der Waals surface area contributed by atoms with Crippen molar-refractivity contribution in [3.63, 3.8) is 0 Å². The third-order valence-electron chi connectivity index (χ3n) is 5.03. The standard InChI is InChI=1S/C20H37F3O2.C5H5N/c1-2-3-4-5-6-7-8-9-10-11-12-13-14-15-16-17-18-25-19(24)20(21,22)23;1-2-4-6-5-3-1/h2-18H2,1H3;1-5H. The van der Waals surface area contributed by atoms with Gasteiger partial charge in [0.05, 0.1) is 6.61 Å². The minimum absolute atomic E-state index is 0.128. The summed E-state index contributed by atoms with van der Waals surface area (Å²) in [5.41, 5.74) is 0. The second-order valence-electron chi connectivity index (χ2n) is 7.96. The average molecular weight is 446 g/mol. The van der Waals surface area contributed by atoms with Gasteiger partial charge in [0.15, 0.2) is 0 Å². The van der Waals surface area contributed by atoms with Crippen LogP contribution >= 0.6 is 0 Å². The van der Waals surface area contributed by atoms with Crippen LogP contribution in [0, 0.1) is 0 Å². The molecule has 0 aliphatic carbocycles. The number of unbranched alkanes of at least 4 members (excludes halogenated alkanes) is 15. The molecule has 0 aliphatic heterocycles. The summed E-state index contributed by atoms with van der Waals surface area (Å²) in [5, 5.41) is 0. The van der Waals surface area contributed by atoms with Gasteiger partial charge in [0.2, 0.25) is 0 Å². The number of hydrogen-bond acceptors (Lipinski definition) is 3. The van der Waals surface area contributed by atoms with E-state index in [1.54, 1.807) is 12.4 Å². The lowest BCUT2D eigenvalue weighted by Gasteiger charge is -2.07. The van der Waals surface area contributed by atoms with Crippen LogP contribution in [0.2, 0.25) is 0 Å². The molecule has 6 heteroatoms. The Bertz CT molecular complexity index is 469. The quantitative estimate of drug-likeness (QED) is 0.178. The third kappa shape index (κ3) is 22.9. The van der Waals surface area contributed by atoms with Crippen molar-refractivity contribution in [3.8, 4) is 0 Å². The molecule has 0 N–H and O–H groups in total. The van der Waals surface area contributed by atoms with E-state index in [1.807, 2.05) is 18.2 Å². The van der Waals surface area contributed by atoms with Crippen LogP contribution in [0.3, 0.4) is 0 Å². The monoisotopic (exact) mass is 445 g/mol. The van der Waals surface area contributed by atoms with Crippen molar-refractivity contribution in [2.24, 2.45) is 0 Å². The summed E-state index contributed by atoms with van der Waals surface area (Å²) in [6.45, 7) is 2.12. The summed E-state index contributed by atoms with van der Waals surface area (Å²) in [6.07, 6.45) is 18.1. The van der Waals surface area contributed by atoms with Crippen molar-refractivity contribution in [2.75, 3.05) is 6.61 Å². The summed E-state index contributed by atoms with van der Waals surface area (Å²) < 4.78 is 39.8. The molecule has 0 spiro atoms. The molecule has 0 saturated carbocycles. The zero-order chi connectivity index (χ0) is 23.0. The van der Waals surface area contributed by atoms with Crippen LogP contribution in [0.4, 0.5) is 13.2 Å². The van der Waals surface area contributed by atoms with Gasteiger partial charge in [0.1, 0.15) is 0 Å². The van der Waals surface area contributed by atoms with Crippen molar-refractivity contribution in [1.29, 1.82) is 0 Å². The molecule has 180 valence electrons. The Balaban J connectivity index is 0.00000127. The minimum Gasteiger partial charge on any atom is -0.459 e. The number of ether oxygens (including phenoxy) is 1. The molecule has 0 amide bonds. The van der Waals surface area contributed by atoms with E-state index in [2.05, 4.69) is 16.6 Å². The van der Waals surface area contributed by atoms with Gasteiger partial charge in [-0.25, -0.2) is 4.79 Å². The highest BCUT2D eigenvalue weighted by Crippen LogP contribution is 2.17. The Kier molecular flexibility index (Phi) is 20.5. The molecule has 0 radical (unpaired) electrons. The number of carbonyl (C=O) groups is 1. The Morgan fingerprint density at radius 1 is 0.677 bits per heavy atom. The summed E-state index contributed by atoms with van der Waals surface area (Å²) in [7, 11) is 0. The number of rotatable bonds is 17. The van der Waals surface area contributed by atoms with Crippen LogP contribution in [0.1, 0.15) is 110 Å². The predicted octanol–water partition coefficient (Wildman–Crippen LogP) is 8.44. The van der Waals surface area contributed by atoms with Crippen LogP contribution in [0.15, 0.2) is 30.6 Å². The molecule has 1 rings (SSSR count). The average Bonchev–Trinajstić information content (AvgIpc) is 2.76. The van der Waals surface area contributed by atoms with Crippen molar-refractivity contribution < 1.29 is 22.7 Å². The molecule has 0 unspecified atom stereocenters. The van der Waals surface area contributed by atoms with Crippen LogP contribution in [-0.4, -0.2) is 23.7 Å². The van der Waals surface area contributed by atoms with Crippen molar-refractivity contribution >= 4 is 5.97 Å². The maximum Gasteiger partial charge on any atom is 0.490 e. The molecule has 1 heterocycles. The fourth-order valence-corrected chi connectivity index (χ4v) is 3.21. The Morgan fingerprint density at radius 3 is 1.35 bits per heavy atom. The van der Waals surface area contributed by atoms with Gasteiger partial charge in [-0.3, -0.25) is 4.98 Å². The topological polar surface area (TPSA) is 39.2 Å². The van der Waals surface area contributed by atoms with Gasteiger partial charge in [-0.15, -0.1) is 0 Å². The van der Waals surface area contributed by atoms with Crippen molar-refractivity contribution in [3.05, 3.63) is 30.6 Å². The normalized spacial score (nSPS) is 11.0. The fourth-order valence-electron chi connectivity index (χ4n) is 3.21. The lowest BCUT2D eigenvalue weighted by molar-refractivity contribution is -0.199. The number of hydrogen-bond donors (Lipinski definition) is 0. The van der Waals surface area contributed by atoms with Gasteiger partial charge in [-0.2, -0.15) is 13.2 Å². The number of carbonyl (C=O) groups excluding carboxylic acids is 1. The van der Waals surface area contributed by atoms with Crippen molar-refractivity contribution in [2.45, 2.75) is 116 Å². The van der Waals surface area contributed by atoms with Gasteiger partial charge in [0, 0.05) is 12.4 Å². The first-order valence-corrected chi connectivity index (χ1v) is 12.1. The second-order valence-corrected chi connectivity index (χ2v) is 7.96. The van der Waals surface area contributed by atoms with E-state index >= 15 is 0 Å². The van der Waals surface area contributed by atoms with Crippen LogP contribution < -0.4 is 0 Å². The lowest BCUT2D eigenvalue weighted by Crippen LogP contribution is -2.25. The maximum atomic E-state index is 11.9. The Labute approximate surface area is 187 Å². The first-order valence-electron chi connectivity index (χ1n) is 12.1. The largest absolute Gasteiger partial charge is 0.490 e. The maximum absolute atomic E-state index is 11.9. The number of esters is 1. The van der Waals surface area contributed by atoms with Gasteiger partial charge in [-0.1, -0.05) is 109 Å². The van der Waals surface area contributed by atoms with Crippen LogP contribution in [0.5, 0.6) is 0 Å². The van der Waals surface area contributed by atoms with Gasteiger partial charge < -0.3 is 4.74 Å². The lowest BCUT2D eigenvalue weighted by atomic mass is 10.0. The minimum atomic E-state index is -4.87. The summed E-state index contributed by atoms with van der Waals surface area (Å²) in [5.74, 6) is -2.08. The van der Waals surface area contributed by atoms with E-state index in [0.29, 0.717) is 6.42 Å². The zero-order valence-electron chi connectivity index (χ0n) is 19.3. The molecule has 0 bridgehead atoms. The van der Waals surface area contributed by atoms with E-state index in [-0.39, 0.29) is 6.61 Å². The predicted molar refractivity (Wildman–Crippen MR) is 121 cm³/mol. The SMILES string of the molecule is CCCCCCCCCCCCCCCCCCOC(=O)C(F)(F)F.c1ccncc1. The Morgan fingerprint density at radius 2 is 1.06 bits per heavy atom. The van der Waals surface area contributed by atoms with Gasteiger partial charge in [-0.05, 0) is 18.6 Å². The smallest absolute Gasteiger partial charge is 0.459 e. The number of pyridine rings is 1. The van der Waals surface area contributed by atoms with E-state index in [1.165, 1.54) is 77.0 Å². The molecule has 0 aromatic carbocycles. The molecular weight excluding hydrogens is 403 g/mol. The molecule has 0 fully saturated rings. The van der Waals surface area contributed by atoms with E-state index < -0.39 is 12.1 Å². The first kappa shape index (κ1) is 29.4. The molecule has 3 nitrogen and oxygen atoms in total. The van der Waals surface area contributed by atoms with Crippen LogP contribution in [0.25, 0.3) is 0 Å². The first-order chi connectivity index (χ1) is 15.0. The Hall–Kier alpha value is -1.59. The summed E-state index contributed by atoms with van der Waals surface area (Å²) >= 11 is 0.